The molecule has 19 heavy (non-hydrogen) atoms. The topological polar surface area (TPSA) is 51.4 Å². The van der Waals surface area contributed by atoms with Crippen LogP contribution in [0.25, 0.3) is 0 Å². The van der Waals surface area contributed by atoms with Crippen molar-refractivity contribution in [2.45, 2.75) is 32.4 Å². The van der Waals surface area contributed by atoms with Crippen LogP contribution in [0.1, 0.15) is 26.0 Å². The first kappa shape index (κ1) is 14.4. The Labute approximate surface area is 116 Å². The van der Waals surface area contributed by atoms with E-state index in [1.807, 2.05) is 18.3 Å². The van der Waals surface area contributed by atoms with E-state index in [1.165, 1.54) is 0 Å². The maximum absolute atomic E-state index is 6.10. The van der Waals surface area contributed by atoms with Crippen LogP contribution in [0.4, 0.5) is 0 Å². The Morgan fingerprint density at radius 3 is 2.89 bits per heavy atom. The lowest BCUT2D eigenvalue weighted by atomic mass is 9.83. The quantitative estimate of drug-likeness (QED) is 0.848. The van der Waals surface area contributed by atoms with Crippen LogP contribution in [0.5, 0.6) is 0 Å². The van der Waals surface area contributed by atoms with Gasteiger partial charge in [0.1, 0.15) is 0 Å². The number of ether oxygens (including phenoxy) is 1. The van der Waals surface area contributed by atoms with Gasteiger partial charge in [-0.15, -0.1) is 0 Å². The largest absolute Gasteiger partial charge is 0.381 e. The van der Waals surface area contributed by atoms with E-state index in [9.17, 15) is 0 Å². The molecule has 0 saturated carbocycles. The number of hydrogen-bond acceptors (Lipinski definition) is 4. The van der Waals surface area contributed by atoms with Crippen LogP contribution in [-0.4, -0.2) is 41.7 Å². The van der Waals surface area contributed by atoms with Crippen molar-refractivity contribution >= 4 is 0 Å². The fraction of sp³-hybridized carbons (Fsp3) is 0.667. The van der Waals surface area contributed by atoms with E-state index in [1.54, 1.807) is 0 Å². The summed E-state index contributed by atoms with van der Waals surface area (Å²) >= 11 is 0. The molecule has 2 atom stereocenters. The van der Waals surface area contributed by atoms with Gasteiger partial charge in [-0.05, 0) is 32.0 Å². The minimum absolute atomic E-state index is 0.0111. The number of aromatic nitrogens is 1. The highest BCUT2D eigenvalue weighted by Gasteiger charge is 2.39. The van der Waals surface area contributed by atoms with Crippen molar-refractivity contribution in [3.63, 3.8) is 0 Å². The van der Waals surface area contributed by atoms with Gasteiger partial charge in [-0.3, -0.25) is 9.88 Å². The summed E-state index contributed by atoms with van der Waals surface area (Å²) in [5.74, 6) is 0.515. The summed E-state index contributed by atoms with van der Waals surface area (Å²) in [5, 5.41) is 0. The van der Waals surface area contributed by atoms with Crippen LogP contribution in [0, 0.1) is 5.92 Å². The summed E-state index contributed by atoms with van der Waals surface area (Å²) in [6, 6.07) is 6.06. The standard InChI is InChI=1S/C15H25N3O/c1-3-18(10-14-6-4-5-8-17-14)15(2,12-16)13-7-9-19-11-13/h4-6,8,13H,3,7,9-12,16H2,1-2H3. The lowest BCUT2D eigenvalue weighted by molar-refractivity contribution is 0.0419. The van der Waals surface area contributed by atoms with E-state index < -0.39 is 0 Å². The van der Waals surface area contributed by atoms with E-state index in [0.29, 0.717) is 12.5 Å². The van der Waals surface area contributed by atoms with Gasteiger partial charge in [0.2, 0.25) is 0 Å². The molecule has 2 heterocycles. The minimum Gasteiger partial charge on any atom is -0.381 e. The first-order valence-electron chi connectivity index (χ1n) is 7.13. The van der Waals surface area contributed by atoms with Crippen LogP contribution >= 0.6 is 0 Å². The Kier molecular flexibility index (Phi) is 4.91. The first-order valence-corrected chi connectivity index (χ1v) is 7.13. The van der Waals surface area contributed by atoms with Crippen molar-refractivity contribution in [2.75, 3.05) is 26.3 Å². The molecule has 1 aromatic heterocycles. The molecular formula is C15H25N3O. The number of rotatable bonds is 6. The molecule has 4 nitrogen and oxygen atoms in total. The zero-order valence-electron chi connectivity index (χ0n) is 12.0. The molecule has 0 aromatic carbocycles. The maximum atomic E-state index is 6.10. The third-order valence-corrected chi connectivity index (χ3v) is 4.41. The average molecular weight is 263 g/mol. The SMILES string of the molecule is CCN(Cc1ccccn1)C(C)(CN)C1CCOC1. The molecule has 0 aliphatic carbocycles. The Balaban J connectivity index is 2.13. The normalized spacial score (nSPS) is 22.6. The van der Waals surface area contributed by atoms with Gasteiger partial charge in [0.15, 0.2) is 0 Å². The van der Waals surface area contributed by atoms with Crippen molar-refractivity contribution in [1.29, 1.82) is 0 Å². The smallest absolute Gasteiger partial charge is 0.0544 e. The monoisotopic (exact) mass is 263 g/mol. The predicted molar refractivity (Wildman–Crippen MR) is 76.7 cm³/mol. The van der Waals surface area contributed by atoms with Gasteiger partial charge < -0.3 is 10.5 Å². The number of pyridine rings is 1. The van der Waals surface area contributed by atoms with E-state index >= 15 is 0 Å². The molecule has 2 rings (SSSR count). The van der Waals surface area contributed by atoms with E-state index in [2.05, 4.69) is 29.8 Å². The lowest BCUT2D eigenvalue weighted by Crippen LogP contribution is -2.56. The van der Waals surface area contributed by atoms with Crippen LogP contribution < -0.4 is 5.73 Å². The van der Waals surface area contributed by atoms with Gasteiger partial charge in [0.25, 0.3) is 0 Å². The molecule has 1 saturated heterocycles. The van der Waals surface area contributed by atoms with Crippen molar-refractivity contribution in [2.24, 2.45) is 11.7 Å². The highest BCUT2D eigenvalue weighted by Crippen LogP contribution is 2.31. The molecule has 0 amide bonds. The van der Waals surface area contributed by atoms with Crippen LogP contribution in [0.15, 0.2) is 24.4 Å². The van der Waals surface area contributed by atoms with Gasteiger partial charge in [0, 0.05) is 37.4 Å². The molecular weight excluding hydrogens is 238 g/mol. The maximum Gasteiger partial charge on any atom is 0.0544 e. The zero-order valence-corrected chi connectivity index (χ0v) is 12.0. The minimum atomic E-state index is -0.0111. The molecule has 1 fully saturated rings. The average Bonchev–Trinajstić information content (AvgIpc) is 3.00. The van der Waals surface area contributed by atoms with Gasteiger partial charge >= 0.3 is 0 Å². The third-order valence-electron chi connectivity index (χ3n) is 4.41. The molecule has 0 bridgehead atoms. The van der Waals surface area contributed by atoms with Crippen LogP contribution in [-0.2, 0) is 11.3 Å². The first-order chi connectivity index (χ1) is 9.20. The second-order valence-electron chi connectivity index (χ2n) is 5.46. The summed E-state index contributed by atoms with van der Waals surface area (Å²) in [5.41, 5.74) is 7.19. The number of nitrogens with two attached hydrogens (primary N) is 1. The highest BCUT2D eigenvalue weighted by atomic mass is 16.5. The molecule has 2 unspecified atom stereocenters. The van der Waals surface area contributed by atoms with E-state index in [-0.39, 0.29) is 5.54 Å². The van der Waals surface area contributed by atoms with Crippen molar-refractivity contribution in [3.8, 4) is 0 Å². The van der Waals surface area contributed by atoms with E-state index in [4.69, 9.17) is 10.5 Å². The summed E-state index contributed by atoms with van der Waals surface area (Å²) in [6.45, 7) is 8.61. The number of hydrogen-bond donors (Lipinski definition) is 1. The fourth-order valence-electron chi connectivity index (χ4n) is 2.92. The van der Waals surface area contributed by atoms with Gasteiger partial charge in [-0.1, -0.05) is 13.0 Å². The highest BCUT2D eigenvalue weighted by molar-refractivity contribution is 5.05. The zero-order chi connectivity index (χ0) is 13.7. The van der Waals surface area contributed by atoms with Gasteiger partial charge in [-0.2, -0.15) is 0 Å². The van der Waals surface area contributed by atoms with Crippen molar-refractivity contribution in [1.82, 2.24) is 9.88 Å². The summed E-state index contributed by atoms with van der Waals surface area (Å²) < 4.78 is 5.55. The number of nitrogens with zero attached hydrogens (tertiary/aromatic N) is 2. The molecule has 106 valence electrons. The van der Waals surface area contributed by atoms with Crippen molar-refractivity contribution in [3.05, 3.63) is 30.1 Å². The van der Waals surface area contributed by atoms with E-state index in [0.717, 1.165) is 38.4 Å². The van der Waals surface area contributed by atoms with Crippen LogP contribution in [0.2, 0.25) is 0 Å². The predicted octanol–water partition coefficient (Wildman–Crippen LogP) is 1.66. The second-order valence-corrected chi connectivity index (χ2v) is 5.46. The molecule has 2 N–H and O–H groups in total. The molecule has 1 aromatic rings. The Bertz CT molecular complexity index is 378. The molecule has 0 spiro atoms. The van der Waals surface area contributed by atoms with Crippen LogP contribution in [0.3, 0.4) is 0 Å². The van der Waals surface area contributed by atoms with Crippen molar-refractivity contribution < 1.29 is 4.74 Å². The Morgan fingerprint density at radius 2 is 2.37 bits per heavy atom. The molecule has 1 aliphatic rings. The summed E-state index contributed by atoms with van der Waals surface area (Å²) in [4.78, 5) is 6.87. The van der Waals surface area contributed by atoms with Gasteiger partial charge in [0.05, 0.1) is 12.3 Å². The second kappa shape index (κ2) is 6.46. The molecule has 0 radical (unpaired) electrons. The summed E-state index contributed by atoms with van der Waals surface area (Å²) in [7, 11) is 0. The lowest BCUT2D eigenvalue weighted by Gasteiger charge is -2.44. The third kappa shape index (κ3) is 3.14. The van der Waals surface area contributed by atoms with Gasteiger partial charge in [-0.25, -0.2) is 0 Å². The number of likely N-dealkylation sites (N-methyl/N-ethyl adjacent to an activating group) is 1. The molecule has 4 heteroatoms. The molecule has 1 aliphatic heterocycles. The Morgan fingerprint density at radius 1 is 1.53 bits per heavy atom. The Hall–Kier alpha value is -0.970. The fourth-order valence-corrected chi connectivity index (χ4v) is 2.92. The summed E-state index contributed by atoms with van der Waals surface area (Å²) in [6.07, 6.45) is 2.95.